The van der Waals surface area contributed by atoms with Crippen molar-refractivity contribution in [1.29, 1.82) is 0 Å². The van der Waals surface area contributed by atoms with Crippen LogP contribution in [-0.2, 0) is 11.3 Å². The zero-order valence-corrected chi connectivity index (χ0v) is 20.4. The average molecular weight is 488 g/mol. The van der Waals surface area contributed by atoms with Gasteiger partial charge in [-0.15, -0.1) is 0 Å². The van der Waals surface area contributed by atoms with Crippen molar-refractivity contribution in [1.82, 2.24) is 19.0 Å². The number of aryl methyl sites for hydroxylation is 2. The van der Waals surface area contributed by atoms with Gasteiger partial charge in [0.2, 0.25) is 5.13 Å². The molecular formula is C26H25N5O3S. The van der Waals surface area contributed by atoms with Crippen LogP contribution in [-0.4, -0.2) is 45.3 Å². The van der Waals surface area contributed by atoms with Gasteiger partial charge in [-0.2, -0.15) is 4.68 Å². The van der Waals surface area contributed by atoms with E-state index in [1.807, 2.05) is 66.0 Å². The first-order chi connectivity index (χ1) is 17.0. The quantitative estimate of drug-likeness (QED) is 0.389. The van der Waals surface area contributed by atoms with Crippen molar-refractivity contribution >= 4 is 32.5 Å². The molecule has 0 saturated carbocycles. The van der Waals surface area contributed by atoms with Crippen LogP contribution >= 0.6 is 11.3 Å². The summed E-state index contributed by atoms with van der Waals surface area (Å²) in [5.74, 6) is 0. The molecule has 0 spiro atoms. The third-order valence-corrected chi connectivity index (χ3v) is 7.49. The maximum absolute atomic E-state index is 14.0. The normalized spacial score (nSPS) is 14.3. The molecule has 9 heteroatoms. The van der Waals surface area contributed by atoms with E-state index in [-0.39, 0.29) is 11.1 Å². The minimum atomic E-state index is -0.175. The van der Waals surface area contributed by atoms with Crippen LogP contribution in [0.15, 0.2) is 64.2 Å². The van der Waals surface area contributed by atoms with Crippen molar-refractivity contribution in [3.05, 3.63) is 92.1 Å². The molecule has 1 aliphatic heterocycles. The van der Waals surface area contributed by atoms with Crippen LogP contribution in [0, 0.1) is 13.8 Å². The number of ether oxygens (including phenoxy) is 1. The van der Waals surface area contributed by atoms with Crippen molar-refractivity contribution < 1.29 is 4.74 Å². The molecule has 1 saturated heterocycles. The number of rotatable bonds is 4. The summed E-state index contributed by atoms with van der Waals surface area (Å²) in [5.41, 5.74) is 3.95. The lowest BCUT2D eigenvalue weighted by Gasteiger charge is -2.31. The van der Waals surface area contributed by atoms with Gasteiger partial charge < -0.3 is 9.75 Å². The van der Waals surface area contributed by atoms with Gasteiger partial charge >= 0.3 is 0 Å². The second-order valence-corrected chi connectivity index (χ2v) is 9.84. The van der Waals surface area contributed by atoms with E-state index in [2.05, 4.69) is 6.07 Å². The number of hydrogen-bond acceptors (Lipinski definition) is 6. The second kappa shape index (κ2) is 8.51. The number of nitrogens with zero attached hydrogens (tertiary/aromatic N) is 5. The molecule has 0 unspecified atom stereocenters. The van der Waals surface area contributed by atoms with Crippen LogP contribution in [0.4, 0.5) is 0 Å². The first kappa shape index (κ1) is 21.8. The zero-order valence-electron chi connectivity index (χ0n) is 19.6. The van der Waals surface area contributed by atoms with E-state index in [0.717, 1.165) is 21.3 Å². The molecule has 6 rings (SSSR count). The van der Waals surface area contributed by atoms with Crippen LogP contribution in [0.1, 0.15) is 16.8 Å². The lowest BCUT2D eigenvalue weighted by Crippen LogP contribution is -2.49. The highest BCUT2D eigenvalue weighted by Gasteiger charge is 2.24. The van der Waals surface area contributed by atoms with Crippen LogP contribution < -0.4 is 16.1 Å². The fourth-order valence-corrected chi connectivity index (χ4v) is 5.86. The molecule has 4 heterocycles. The lowest BCUT2D eigenvalue weighted by molar-refractivity contribution is 0.110. The monoisotopic (exact) mass is 487 g/mol. The number of fused-ring (bicyclic) bond motifs is 2. The summed E-state index contributed by atoms with van der Waals surface area (Å²) in [6.45, 7) is 6.63. The van der Waals surface area contributed by atoms with Gasteiger partial charge in [0.25, 0.3) is 11.1 Å². The Hall–Kier alpha value is -3.69. The Labute approximate surface area is 205 Å². The number of pyridine rings is 1. The number of benzene rings is 2. The largest absolute Gasteiger partial charge is 0.378 e. The number of para-hydroxylation sites is 1. The number of aromatic nitrogens is 4. The van der Waals surface area contributed by atoms with Crippen molar-refractivity contribution in [2.45, 2.75) is 20.4 Å². The molecule has 0 radical (unpaired) electrons. The minimum Gasteiger partial charge on any atom is -0.378 e. The molecule has 2 aromatic carbocycles. The van der Waals surface area contributed by atoms with E-state index in [1.165, 1.54) is 11.3 Å². The molecule has 8 nitrogen and oxygen atoms in total. The summed E-state index contributed by atoms with van der Waals surface area (Å²) >= 11 is 1.47. The second-order valence-electron chi connectivity index (χ2n) is 8.83. The Bertz CT molecular complexity index is 1650. The Kier molecular flexibility index (Phi) is 5.31. The summed E-state index contributed by atoms with van der Waals surface area (Å²) in [4.78, 5) is 32.1. The maximum Gasteiger partial charge on any atom is 0.283 e. The van der Waals surface area contributed by atoms with Crippen LogP contribution in [0.3, 0.4) is 0 Å². The Morgan fingerprint density at radius 3 is 2.57 bits per heavy atom. The van der Waals surface area contributed by atoms with E-state index in [9.17, 15) is 9.59 Å². The molecule has 0 aliphatic carbocycles. The van der Waals surface area contributed by atoms with E-state index in [4.69, 9.17) is 9.72 Å². The average Bonchev–Trinajstić information content (AvgIpc) is 3.38. The number of morpholine rings is 1. The molecule has 178 valence electrons. The summed E-state index contributed by atoms with van der Waals surface area (Å²) < 4.78 is 11.6. The highest BCUT2D eigenvalue weighted by atomic mass is 32.1. The molecular weight excluding hydrogens is 462 g/mol. The van der Waals surface area contributed by atoms with Crippen LogP contribution in [0.5, 0.6) is 0 Å². The predicted octanol–water partition coefficient (Wildman–Crippen LogP) is 3.20. The van der Waals surface area contributed by atoms with Gasteiger partial charge in [-0.25, -0.2) is 9.66 Å². The number of thiazole rings is 1. The van der Waals surface area contributed by atoms with Crippen molar-refractivity contribution in [3.8, 4) is 5.13 Å². The van der Waals surface area contributed by atoms with Gasteiger partial charge in [0, 0.05) is 6.07 Å². The standard InChI is InChI=1S/C26H25N5O3S/c1-17-6-5-7-19(14-17)16-29-21-15-23(32)30(28-10-12-34-13-11-28)18(2)24(21)25(33)31(29)26-27-20-8-3-4-9-22(20)35-26/h3-9,14-15H,10-13,16H2,1-2H3. The third-order valence-electron chi connectivity index (χ3n) is 6.48. The Balaban J connectivity index is 1.63. The lowest BCUT2D eigenvalue weighted by atomic mass is 10.1. The fraction of sp³-hybridized carbons (Fsp3) is 0.269. The first-order valence-electron chi connectivity index (χ1n) is 11.6. The summed E-state index contributed by atoms with van der Waals surface area (Å²) in [5, 5.41) is 3.08. The predicted molar refractivity (Wildman–Crippen MR) is 139 cm³/mol. The van der Waals surface area contributed by atoms with Gasteiger partial charge in [0.05, 0.1) is 59.7 Å². The molecule has 0 bridgehead atoms. The fourth-order valence-electron chi connectivity index (χ4n) is 4.88. The molecule has 0 N–H and O–H groups in total. The highest BCUT2D eigenvalue weighted by molar-refractivity contribution is 7.20. The van der Waals surface area contributed by atoms with Crippen molar-refractivity contribution in [2.24, 2.45) is 0 Å². The Morgan fingerprint density at radius 1 is 1.00 bits per heavy atom. The van der Waals surface area contributed by atoms with Gasteiger partial charge in [0.1, 0.15) is 0 Å². The van der Waals surface area contributed by atoms with E-state index in [0.29, 0.717) is 54.6 Å². The third kappa shape index (κ3) is 3.67. The van der Waals surface area contributed by atoms with Crippen molar-refractivity contribution in [2.75, 3.05) is 31.3 Å². The van der Waals surface area contributed by atoms with E-state index >= 15 is 0 Å². The smallest absolute Gasteiger partial charge is 0.283 e. The minimum absolute atomic E-state index is 0.156. The molecule has 0 amide bonds. The van der Waals surface area contributed by atoms with Gasteiger partial charge in [-0.05, 0) is 31.5 Å². The highest BCUT2D eigenvalue weighted by Crippen LogP contribution is 2.26. The first-order valence-corrected chi connectivity index (χ1v) is 12.5. The van der Waals surface area contributed by atoms with E-state index in [1.54, 1.807) is 15.4 Å². The van der Waals surface area contributed by atoms with Crippen LogP contribution in [0.25, 0.3) is 26.3 Å². The molecule has 0 atom stereocenters. The van der Waals surface area contributed by atoms with Crippen molar-refractivity contribution in [3.63, 3.8) is 0 Å². The SMILES string of the molecule is Cc1cccc(Cn2c3cc(=O)n(N4CCOCC4)c(C)c3c(=O)n2-c2nc3ccccc3s2)c1. The molecule has 1 aliphatic rings. The van der Waals surface area contributed by atoms with E-state index < -0.39 is 0 Å². The Morgan fingerprint density at radius 2 is 1.80 bits per heavy atom. The summed E-state index contributed by atoms with van der Waals surface area (Å²) in [7, 11) is 0. The summed E-state index contributed by atoms with van der Waals surface area (Å²) in [6, 6.07) is 17.6. The topological polar surface area (TPSA) is 74.3 Å². The molecule has 35 heavy (non-hydrogen) atoms. The summed E-state index contributed by atoms with van der Waals surface area (Å²) in [6.07, 6.45) is 0. The van der Waals surface area contributed by atoms with Gasteiger partial charge in [-0.3, -0.25) is 14.3 Å². The molecule has 5 aromatic rings. The van der Waals surface area contributed by atoms with Crippen LogP contribution in [0.2, 0.25) is 0 Å². The van der Waals surface area contributed by atoms with Gasteiger partial charge in [-0.1, -0.05) is 53.3 Å². The molecule has 3 aromatic heterocycles. The zero-order chi connectivity index (χ0) is 24.1. The molecule has 1 fully saturated rings. The maximum atomic E-state index is 14.0. The number of hydrogen-bond donors (Lipinski definition) is 0. The van der Waals surface area contributed by atoms with Gasteiger partial charge in [0.15, 0.2) is 0 Å².